The summed E-state index contributed by atoms with van der Waals surface area (Å²) in [5, 5.41) is 0.627. The van der Waals surface area contributed by atoms with Crippen molar-refractivity contribution >= 4 is 24.0 Å². The van der Waals surface area contributed by atoms with Crippen molar-refractivity contribution in [3.63, 3.8) is 0 Å². The first-order valence-corrected chi connectivity index (χ1v) is 6.31. The lowest BCUT2D eigenvalue weighted by molar-refractivity contribution is -0.176. The Labute approximate surface area is 111 Å². The van der Waals surface area contributed by atoms with Crippen molar-refractivity contribution in [2.75, 3.05) is 13.2 Å². The van der Waals surface area contributed by atoms with Crippen LogP contribution in [0.25, 0.3) is 6.08 Å². The van der Waals surface area contributed by atoms with Crippen LogP contribution in [-0.4, -0.2) is 25.8 Å². The van der Waals surface area contributed by atoms with Crippen molar-refractivity contribution < 1.29 is 14.3 Å². The molecule has 3 nitrogen and oxygen atoms in total. The van der Waals surface area contributed by atoms with Gasteiger partial charge in [0.05, 0.1) is 13.2 Å². The molecule has 0 bridgehead atoms. The molecule has 1 fully saturated rings. The molecule has 4 heteroatoms. The minimum atomic E-state index is -0.322. The number of hydrogen-bond acceptors (Lipinski definition) is 3. The third-order valence-corrected chi connectivity index (χ3v) is 3.04. The highest BCUT2D eigenvalue weighted by Gasteiger charge is 2.15. The molecule has 1 aromatic rings. The van der Waals surface area contributed by atoms with E-state index < -0.39 is 0 Å². The highest BCUT2D eigenvalue weighted by molar-refractivity contribution is 6.32. The maximum Gasteiger partial charge on any atom is 0.161 e. The molecule has 1 saturated heterocycles. The molecule has 0 amide bonds. The number of halogens is 1. The lowest BCUT2D eigenvalue weighted by Crippen LogP contribution is -2.25. The molecular weight excluding hydrogens is 252 g/mol. The Morgan fingerprint density at radius 3 is 2.72 bits per heavy atom. The number of aldehydes is 1. The smallest absolute Gasteiger partial charge is 0.161 e. The van der Waals surface area contributed by atoms with Crippen LogP contribution in [0.15, 0.2) is 29.8 Å². The number of carbonyl (C=O) groups is 1. The number of rotatable bonds is 4. The van der Waals surface area contributed by atoms with Crippen molar-refractivity contribution in [3.05, 3.63) is 40.4 Å². The maximum absolute atomic E-state index is 11.1. The topological polar surface area (TPSA) is 35.5 Å². The molecule has 0 radical (unpaired) electrons. The standard InChI is InChI=1S/C14H15ClO3/c15-13-5-2-1-4-12(13)8-11(10-16)9-14-17-6-3-7-18-14/h1-2,4-5,8,10,14H,3,6-7,9H2. The summed E-state index contributed by atoms with van der Waals surface area (Å²) in [4.78, 5) is 11.1. The first-order chi connectivity index (χ1) is 8.79. The lowest BCUT2D eigenvalue weighted by atomic mass is 10.1. The molecule has 96 valence electrons. The molecule has 0 atom stereocenters. The van der Waals surface area contributed by atoms with Crippen LogP contribution >= 0.6 is 11.6 Å². The first kappa shape index (κ1) is 13.3. The van der Waals surface area contributed by atoms with Gasteiger partial charge in [0.2, 0.25) is 0 Å². The maximum atomic E-state index is 11.1. The van der Waals surface area contributed by atoms with Gasteiger partial charge in [-0.15, -0.1) is 0 Å². The summed E-state index contributed by atoms with van der Waals surface area (Å²) in [7, 11) is 0. The van der Waals surface area contributed by atoms with Gasteiger partial charge in [0.25, 0.3) is 0 Å². The largest absolute Gasteiger partial charge is 0.352 e. The van der Waals surface area contributed by atoms with Gasteiger partial charge >= 0.3 is 0 Å². The van der Waals surface area contributed by atoms with E-state index >= 15 is 0 Å². The van der Waals surface area contributed by atoms with E-state index in [4.69, 9.17) is 21.1 Å². The Morgan fingerprint density at radius 2 is 2.06 bits per heavy atom. The number of ether oxygens (including phenoxy) is 2. The van der Waals surface area contributed by atoms with Crippen molar-refractivity contribution in [3.8, 4) is 0 Å². The van der Waals surface area contributed by atoms with Crippen molar-refractivity contribution in [2.45, 2.75) is 19.1 Å². The summed E-state index contributed by atoms with van der Waals surface area (Å²) < 4.78 is 10.8. The van der Waals surface area contributed by atoms with E-state index in [0.717, 1.165) is 18.3 Å². The van der Waals surface area contributed by atoms with E-state index in [1.807, 2.05) is 18.2 Å². The molecule has 0 unspecified atom stereocenters. The fourth-order valence-electron chi connectivity index (χ4n) is 1.78. The molecule has 18 heavy (non-hydrogen) atoms. The monoisotopic (exact) mass is 266 g/mol. The summed E-state index contributed by atoms with van der Waals surface area (Å²) >= 11 is 6.05. The van der Waals surface area contributed by atoms with Gasteiger partial charge in [0.1, 0.15) is 6.29 Å². The normalized spacial score (nSPS) is 17.7. The average Bonchev–Trinajstić information content (AvgIpc) is 2.41. The number of carbonyl (C=O) groups excluding carboxylic acids is 1. The minimum absolute atomic E-state index is 0.322. The molecule has 0 aromatic heterocycles. The predicted molar refractivity (Wildman–Crippen MR) is 70.4 cm³/mol. The van der Waals surface area contributed by atoms with Crippen LogP contribution in [0.5, 0.6) is 0 Å². The summed E-state index contributed by atoms with van der Waals surface area (Å²) in [5.74, 6) is 0. The van der Waals surface area contributed by atoms with Crippen molar-refractivity contribution in [1.29, 1.82) is 0 Å². The van der Waals surface area contributed by atoms with Gasteiger partial charge < -0.3 is 9.47 Å². The number of benzene rings is 1. The zero-order valence-corrected chi connectivity index (χ0v) is 10.7. The molecular formula is C14H15ClO3. The average molecular weight is 267 g/mol. The van der Waals surface area contributed by atoms with Crippen LogP contribution in [0.4, 0.5) is 0 Å². The van der Waals surface area contributed by atoms with Gasteiger partial charge in [-0.2, -0.15) is 0 Å². The highest BCUT2D eigenvalue weighted by Crippen LogP contribution is 2.20. The van der Waals surface area contributed by atoms with E-state index in [-0.39, 0.29) is 6.29 Å². The van der Waals surface area contributed by atoms with Gasteiger partial charge in [-0.1, -0.05) is 29.8 Å². The summed E-state index contributed by atoms with van der Waals surface area (Å²) in [6, 6.07) is 7.40. The van der Waals surface area contributed by atoms with Crippen LogP contribution in [0, 0.1) is 0 Å². The second-order valence-electron chi connectivity index (χ2n) is 4.09. The van der Waals surface area contributed by atoms with E-state index in [1.165, 1.54) is 0 Å². The fraction of sp³-hybridized carbons (Fsp3) is 0.357. The lowest BCUT2D eigenvalue weighted by Gasteiger charge is -2.23. The van der Waals surface area contributed by atoms with E-state index in [9.17, 15) is 4.79 Å². The van der Waals surface area contributed by atoms with Crippen LogP contribution in [-0.2, 0) is 14.3 Å². The fourth-order valence-corrected chi connectivity index (χ4v) is 1.97. The van der Waals surface area contributed by atoms with Crippen LogP contribution < -0.4 is 0 Å². The highest BCUT2D eigenvalue weighted by atomic mass is 35.5. The molecule has 0 spiro atoms. The van der Waals surface area contributed by atoms with Gasteiger partial charge in [-0.3, -0.25) is 4.79 Å². The number of hydrogen-bond donors (Lipinski definition) is 0. The summed E-state index contributed by atoms with van der Waals surface area (Å²) in [5.41, 5.74) is 1.45. The molecule has 0 N–H and O–H groups in total. The second kappa shape index (κ2) is 6.69. The van der Waals surface area contributed by atoms with E-state index in [1.54, 1.807) is 12.1 Å². The quantitative estimate of drug-likeness (QED) is 0.621. The Morgan fingerprint density at radius 1 is 1.33 bits per heavy atom. The Balaban J connectivity index is 2.08. The SMILES string of the molecule is O=CC(=Cc1ccccc1Cl)CC1OCCCO1. The zero-order chi connectivity index (χ0) is 12.8. The molecule has 1 aliphatic heterocycles. The Hall–Kier alpha value is -1.16. The molecule has 1 heterocycles. The molecule has 0 aliphatic carbocycles. The van der Waals surface area contributed by atoms with E-state index in [2.05, 4.69) is 0 Å². The molecule has 0 saturated carbocycles. The van der Waals surface area contributed by atoms with Crippen molar-refractivity contribution in [1.82, 2.24) is 0 Å². The van der Waals surface area contributed by atoms with E-state index in [0.29, 0.717) is 30.2 Å². The zero-order valence-electron chi connectivity index (χ0n) is 9.97. The summed E-state index contributed by atoms with van der Waals surface area (Å²) in [6.07, 6.45) is 3.63. The third-order valence-electron chi connectivity index (χ3n) is 2.70. The van der Waals surface area contributed by atoms with Gasteiger partial charge in [0.15, 0.2) is 6.29 Å². The molecule has 2 rings (SSSR count). The first-order valence-electron chi connectivity index (χ1n) is 5.93. The molecule has 1 aromatic carbocycles. The second-order valence-corrected chi connectivity index (χ2v) is 4.49. The summed E-state index contributed by atoms with van der Waals surface area (Å²) in [6.45, 7) is 1.37. The van der Waals surface area contributed by atoms with Gasteiger partial charge in [-0.25, -0.2) is 0 Å². The van der Waals surface area contributed by atoms with Gasteiger partial charge in [-0.05, 0) is 29.7 Å². The molecule has 1 aliphatic rings. The Kier molecular flexibility index (Phi) is 4.93. The van der Waals surface area contributed by atoms with Crippen molar-refractivity contribution in [2.24, 2.45) is 0 Å². The van der Waals surface area contributed by atoms with Crippen LogP contribution in [0.2, 0.25) is 5.02 Å². The third kappa shape index (κ3) is 3.67. The minimum Gasteiger partial charge on any atom is -0.352 e. The Bertz CT molecular complexity index is 436. The van der Waals surface area contributed by atoms with Crippen LogP contribution in [0.3, 0.4) is 0 Å². The predicted octanol–water partition coefficient (Wildman–Crippen LogP) is 3.08. The van der Waals surface area contributed by atoms with Crippen LogP contribution in [0.1, 0.15) is 18.4 Å². The van der Waals surface area contributed by atoms with Gasteiger partial charge in [0, 0.05) is 11.4 Å².